The van der Waals surface area contributed by atoms with E-state index in [4.69, 9.17) is 0 Å². The fraction of sp³-hybridized carbons (Fsp3) is 0.400. The summed E-state index contributed by atoms with van der Waals surface area (Å²) >= 11 is 0. The summed E-state index contributed by atoms with van der Waals surface area (Å²) in [4.78, 5) is 4.03. The summed E-state index contributed by atoms with van der Waals surface area (Å²) in [6.45, 7) is 4.72. The third kappa shape index (κ3) is 2.66. The van der Waals surface area contributed by atoms with Gasteiger partial charge < -0.3 is 9.88 Å². The van der Waals surface area contributed by atoms with Gasteiger partial charge in [-0.15, -0.1) is 0 Å². The number of hydrogen-bond acceptors (Lipinski definition) is 3. The van der Waals surface area contributed by atoms with E-state index in [-0.39, 0.29) is 0 Å². The molecule has 0 spiro atoms. The number of rotatable bonds is 5. The van der Waals surface area contributed by atoms with Gasteiger partial charge in [-0.2, -0.15) is 5.10 Å². The Morgan fingerprint density at radius 2 is 2.40 bits per heavy atom. The lowest BCUT2D eigenvalue weighted by atomic mass is 10.3. The Hall–Kier alpha value is -1.62. The minimum Gasteiger partial charge on any atom is -0.354 e. The number of nitrogens with one attached hydrogen (secondary N) is 2. The molecule has 15 heavy (non-hydrogen) atoms. The van der Waals surface area contributed by atoms with Gasteiger partial charge in [0.2, 0.25) is 0 Å². The van der Waals surface area contributed by atoms with Gasteiger partial charge >= 0.3 is 0 Å². The van der Waals surface area contributed by atoms with Crippen molar-refractivity contribution in [2.45, 2.75) is 26.6 Å². The normalized spacial score (nSPS) is 10.7. The fourth-order valence-corrected chi connectivity index (χ4v) is 1.43. The highest BCUT2D eigenvalue weighted by Crippen LogP contribution is 2.00. The molecular weight excluding hydrogens is 190 g/mol. The standard InChI is InChI=1S/C10H15N5/c1-2-15-4-3-9(7-15)5-11-6-10-12-8-13-14-10/h3-4,7-8,11H,2,5-6H2,1H3,(H,12,13,14). The number of H-pyrrole nitrogens is 1. The molecule has 0 atom stereocenters. The summed E-state index contributed by atoms with van der Waals surface area (Å²) < 4.78 is 2.16. The summed E-state index contributed by atoms with van der Waals surface area (Å²) in [6.07, 6.45) is 5.75. The molecule has 2 heterocycles. The van der Waals surface area contributed by atoms with Crippen LogP contribution in [0.5, 0.6) is 0 Å². The fourth-order valence-electron chi connectivity index (χ4n) is 1.43. The van der Waals surface area contributed by atoms with Gasteiger partial charge in [-0.25, -0.2) is 4.98 Å². The first-order valence-electron chi connectivity index (χ1n) is 5.08. The van der Waals surface area contributed by atoms with Crippen molar-refractivity contribution in [1.29, 1.82) is 0 Å². The molecule has 0 amide bonds. The summed E-state index contributed by atoms with van der Waals surface area (Å²) in [7, 11) is 0. The molecule has 0 radical (unpaired) electrons. The van der Waals surface area contributed by atoms with Gasteiger partial charge in [0.05, 0.1) is 6.54 Å². The van der Waals surface area contributed by atoms with Crippen molar-refractivity contribution in [1.82, 2.24) is 25.1 Å². The number of hydrogen-bond donors (Lipinski definition) is 2. The van der Waals surface area contributed by atoms with Crippen LogP contribution in [0.2, 0.25) is 0 Å². The van der Waals surface area contributed by atoms with E-state index < -0.39 is 0 Å². The molecule has 0 saturated carbocycles. The van der Waals surface area contributed by atoms with Crippen molar-refractivity contribution in [3.8, 4) is 0 Å². The average Bonchev–Trinajstić information content (AvgIpc) is 2.88. The van der Waals surface area contributed by atoms with E-state index in [1.807, 2.05) is 0 Å². The van der Waals surface area contributed by atoms with Crippen LogP contribution in [0.15, 0.2) is 24.8 Å². The molecule has 80 valence electrons. The molecule has 5 nitrogen and oxygen atoms in total. The van der Waals surface area contributed by atoms with E-state index in [0.717, 1.165) is 25.5 Å². The van der Waals surface area contributed by atoms with Crippen molar-refractivity contribution in [3.63, 3.8) is 0 Å². The number of nitrogens with zero attached hydrogens (tertiary/aromatic N) is 3. The third-order valence-electron chi connectivity index (χ3n) is 2.26. The molecule has 0 aromatic carbocycles. The highest BCUT2D eigenvalue weighted by molar-refractivity contribution is 5.09. The van der Waals surface area contributed by atoms with Crippen LogP contribution in [0.4, 0.5) is 0 Å². The molecule has 2 aromatic rings. The Labute approximate surface area is 88.5 Å². The number of aromatic nitrogens is 4. The minimum absolute atomic E-state index is 0.720. The van der Waals surface area contributed by atoms with Crippen molar-refractivity contribution >= 4 is 0 Å². The molecule has 0 aliphatic carbocycles. The smallest absolute Gasteiger partial charge is 0.138 e. The van der Waals surface area contributed by atoms with Crippen LogP contribution in [-0.2, 0) is 19.6 Å². The van der Waals surface area contributed by atoms with Crippen molar-refractivity contribution in [3.05, 3.63) is 36.2 Å². The van der Waals surface area contributed by atoms with Crippen molar-refractivity contribution in [2.24, 2.45) is 0 Å². The molecule has 2 N–H and O–H groups in total. The highest BCUT2D eigenvalue weighted by Gasteiger charge is 1.97. The second kappa shape index (κ2) is 4.75. The lowest BCUT2D eigenvalue weighted by Crippen LogP contribution is -2.13. The predicted molar refractivity (Wildman–Crippen MR) is 57.0 cm³/mol. The van der Waals surface area contributed by atoms with Gasteiger partial charge in [0, 0.05) is 25.5 Å². The summed E-state index contributed by atoms with van der Waals surface area (Å²) in [5.41, 5.74) is 1.29. The van der Waals surface area contributed by atoms with Crippen LogP contribution in [0, 0.1) is 0 Å². The highest BCUT2D eigenvalue weighted by atomic mass is 15.2. The predicted octanol–water partition coefficient (Wildman–Crippen LogP) is 0.916. The van der Waals surface area contributed by atoms with Gasteiger partial charge in [0.1, 0.15) is 12.2 Å². The Bertz CT molecular complexity index is 390. The largest absolute Gasteiger partial charge is 0.354 e. The molecule has 0 fully saturated rings. The summed E-state index contributed by atoms with van der Waals surface area (Å²) in [5, 5.41) is 9.89. The van der Waals surface area contributed by atoms with Gasteiger partial charge in [-0.1, -0.05) is 0 Å². The summed E-state index contributed by atoms with van der Waals surface area (Å²) in [6, 6.07) is 2.12. The second-order valence-corrected chi connectivity index (χ2v) is 3.39. The lowest BCUT2D eigenvalue weighted by Gasteiger charge is -1.99. The maximum absolute atomic E-state index is 4.03. The first-order chi connectivity index (χ1) is 7.38. The minimum atomic E-state index is 0.720. The first kappa shape index (κ1) is 9.92. The number of aryl methyl sites for hydroxylation is 1. The van der Waals surface area contributed by atoms with Crippen LogP contribution in [0.3, 0.4) is 0 Å². The Morgan fingerprint density at radius 3 is 3.07 bits per heavy atom. The first-order valence-corrected chi connectivity index (χ1v) is 5.08. The number of aromatic amines is 1. The monoisotopic (exact) mass is 205 g/mol. The molecule has 0 aliphatic heterocycles. The van der Waals surface area contributed by atoms with Crippen LogP contribution in [0.25, 0.3) is 0 Å². The van der Waals surface area contributed by atoms with Gasteiger partial charge in [-0.3, -0.25) is 5.10 Å². The van der Waals surface area contributed by atoms with Crippen LogP contribution in [0.1, 0.15) is 18.3 Å². The van der Waals surface area contributed by atoms with Crippen molar-refractivity contribution < 1.29 is 0 Å². The van der Waals surface area contributed by atoms with Gasteiger partial charge in [0.15, 0.2) is 0 Å². The quantitative estimate of drug-likeness (QED) is 0.763. The maximum Gasteiger partial charge on any atom is 0.138 e. The van der Waals surface area contributed by atoms with E-state index in [1.54, 1.807) is 0 Å². The molecule has 2 aromatic heterocycles. The zero-order valence-electron chi connectivity index (χ0n) is 8.77. The van der Waals surface area contributed by atoms with E-state index in [9.17, 15) is 0 Å². The molecule has 0 aliphatic rings. The molecule has 0 unspecified atom stereocenters. The second-order valence-electron chi connectivity index (χ2n) is 3.39. The zero-order chi connectivity index (χ0) is 10.5. The molecule has 0 bridgehead atoms. The lowest BCUT2D eigenvalue weighted by molar-refractivity contribution is 0.662. The van der Waals surface area contributed by atoms with Crippen LogP contribution >= 0.6 is 0 Å². The van der Waals surface area contributed by atoms with E-state index in [1.165, 1.54) is 11.9 Å². The van der Waals surface area contributed by atoms with E-state index >= 15 is 0 Å². The topological polar surface area (TPSA) is 58.5 Å². The van der Waals surface area contributed by atoms with E-state index in [2.05, 4.69) is 50.4 Å². The Morgan fingerprint density at radius 1 is 1.47 bits per heavy atom. The van der Waals surface area contributed by atoms with Crippen LogP contribution < -0.4 is 5.32 Å². The van der Waals surface area contributed by atoms with Crippen molar-refractivity contribution in [2.75, 3.05) is 0 Å². The third-order valence-corrected chi connectivity index (χ3v) is 2.26. The van der Waals surface area contributed by atoms with Gasteiger partial charge in [0.25, 0.3) is 0 Å². The van der Waals surface area contributed by atoms with Gasteiger partial charge in [-0.05, 0) is 18.6 Å². The SMILES string of the molecule is CCn1ccc(CNCc2ncn[nH]2)c1. The molecule has 0 saturated heterocycles. The summed E-state index contributed by atoms with van der Waals surface area (Å²) in [5.74, 6) is 0.866. The maximum atomic E-state index is 4.03. The van der Waals surface area contributed by atoms with E-state index in [0.29, 0.717) is 0 Å². The Balaban J connectivity index is 1.78. The van der Waals surface area contributed by atoms with Crippen LogP contribution in [-0.4, -0.2) is 19.7 Å². The Kier molecular flexibility index (Phi) is 3.14. The zero-order valence-corrected chi connectivity index (χ0v) is 8.77. The molecular formula is C10H15N5. The molecule has 2 rings (SSSR count). The average molecular weight is 205 g/mol. The molecule has 5 heteroatoms.